The Morgan fingerprint density at radius 2 is 2.04 bits per heavy atom. The average molecular weight is 385 g/mol. The van der Waals surface area contributed by atoms with Crippen LogP contribution in [-0.2, 0) is 11.2 Å². The first-order chi connectivity index (χ1) is 11.7. The van der Waals surface area contributed by atoms with Crippen molar-refractivity contribution in [2.24, 2.45) is 5.92 Å². The van der Waals surface area contributed by atoms with Crippen LogP contribution >= 0.6 is 23.7 Å². The Labute approximate surface area is 156 Å². The molecule has 0 unspecified atom stereocenters. The normalized spacial score (nSPS) is 14.8. The standard InChI is InChI=1S/C17H21FN4OS.ClH/c18-14-4-2-1-3-13(14)11-16-21-22-17(24-16)20-15(23)6-5-12-7-9-19-10-8-12;/h1-4,12,19H,5-11H2,(H,20,22,23);1H. The molecule has 0 spiro atoms. The molecule has 1 aliphatic heterocycles. The van der Waals surface area contributed by atoms with Crippen LogP contribution in [-0.4, -0.2) is 29.2 Å². The zero-order valence-corrected chi connectivity index (χ0v) is 15.5. The number of rotatable bonds is 6. The van der Waals surface area contributed by atoms with Crippen LogP contribution in [0.3, 0.4) is 0 Å². The maximum Gasteiger partial charge on any atom is 0.226 e. The van der Waals surface area contributed by atoms with Crippen LogP contribution in [0.25, 0.3) is 0 Å². The number of benzene rings is 1. The fourth-order valence-electron chi connectivity index (χ4n) is 2.87. The van der Waals surface area contributed by atoms with Gasteiger partial charge in [-0.1, -0.05) is 29.5 Å². The SMILES string of the molecule is Cl.O=C(CCC1CCNCC1)Nc1nnc(Cc2ccccc2F)s1. The molecule has 2 aromatic rings. The number of carbonyl (C=O) groups is 1. The molecule has 2 N–H and O–H groups in total. The molecule has 1 aromatic carbocycles. The van der Waals surface area contributed by atoms with Gasteiger partial charge in [0.1, 0.15) is 10.8 Å². The Morgan fingerprint density at radius 3 is 2.80 bits per heavy atom. The number of nitrogens with zero attached hydrogens (tertiary/aromatic N) is 2. The summed E-state index contributed by atoms with van der Waals surface area (Å²) in [5, 5.41) is 15.3. The van der Waals surface area contributed by atoms with Crippen molar-refractivity contribution in [1.29, 1.82) is 0 Å². The van der Waals surface area contributed by atoms with E-state index in [4.69, 9.17) is 0 Å². The molecule has 25 heavy (non-hydrogen) atoms. The van der Waals surface area contributed by atoms with Gasteiger partial charge in [0.2, 0.25) is 11.0 Å². The maximum atomic E-state index is 13.7. The first-order valence-corrected chi connectivity index (χ1v) is 9.08. The number of amides is 1. The molecule has 1 aliphatic rings. The van der Waals surface area contributed by atoms with E-state index >= 15 is 0 Å². The smallest absolute Gasteiger partial charge is 0.226 e. The van der Waals surface area contributed by atoms with Crippen molar-refractivity contribution in [3.05, 3.63) is 40.7 Å². The Kier molecular flexibility index (Phi) is 7.74. The van der Waals surface area contributed by atoms with Crippen molar-refractivity contribution >= 4 is 34.8 Å². The topological polar surface area (TPSA) is 66.9 Å². The minimum atomic E-state index is -0.250. The van der Waals surface area contributed by atoms with Gasteiger partial charge >= 0.3 is 0 Å². The number of nitrogens with one attached hydrogen (secondary N) is 2. The molecular weight excluding hydrogens is 363 g/mol. The zero-order valence-electron chi connectivity index (χ0n) is 13.8. The monoisotopic (exact) mass is 384 g/mol. The van der Waals surface area contributed by atoms with E-state index < -0.39 is 0 Å². The van der Waals surface area contributed by atoms with Crippen LogP contribution in [0.15, 0.2) is 24.3 Å². The average Bonchev–Trinajstić information content (AvgIpc) is 3.03. The molecule has 0 saturated carbocycles. The highest BCUT2D eigenvalue weighted by Gasteiger charge is 2.15. The minimum absolute atomic E-state index is 0. The summed E-state index contributed by atoms with van der Waals surface area (Å²) in [4.78, 5) is 12.0. The summed E-state index contributed by atoms with van der Waals surface area (Å²) >= 11 is 1.30. The Balaban J connectivity index is 0.00000225. The second-order valence-corrected chi connectivity index (χ2v) is 7.11. The summed E-state index contributed by atoms with van der Waals surface area (Å²) in [6.07, 6.45) is 4.08. The number of hydrogen-bond donors (Lipinski definition) is 2. The molecule has 0 aliphatic carbocycles. The van der Waals surface area contributed by atoms with Gasteiger partial charge in [0.25, 0.3) is 0 Å². The van der Waals surface area contributed by atoms with Gasteiger partial charge in [-0.05, 0) is 49.9 Å². The summed E-state index contributed by atoms with van der Waals surface area (Å²) in [5.74, 6) is 0.352. The number of hydrogen-bond acceptors (Lipinski definition) is 5. The molecule has 136 valence electrons. The van der Waals surface area contributed by atoms with Gasteiger partial charge in [-0.15, -0.1) is 22.6 Å². The highest BCUT2D eigenvalue weighted by Crippen LogP contribution is 2.21. The van der Waals surface area contributed by atoms with E-state index in [2.05, 4.69) is 20.8 Å². The third-order valence-electron chi connectivity index (χ3n) is 4.25. The number of carbonyl (C=O) groups excluding carboxylic acids is 1. The lowest BCUT2D eigenvalue weighted by Crippen LogP contribution is -2.28. The third kappa shape index (κ3) is 6.02. The first-order valence-electron chi connectivity index (χ1n) is 8.27. The number of anilines is 1. The van der Waals surface area contributed by atoms with Gasteiger partial charge in [-0.25, -0.2) is 4.39 Å². The lowest BCUT2D eigenvalue weighted by atomic mass is 9.93. The summed E-state index contributed by atoms with van der Waals surface area (Å²) in [6, 6.07) is 6.61. The van der Waals surface area contributed by atoms with E-state index in [0.717, 1.165) is 32.4 Å². The van der Waals surface area contributed by atoms with Gasteiger partial charge in [0.05, 0.1) is 0 Å². The van der Waals surface area contributed by atoms with Gasteiger partial charge in [0.15, 0.2) is 0 Å². The van der Waals surface area contributed by atoms with Crippen molar-refractivity contribution in [3.8, 4) is 0 Å². The van der Waals surface area contributed by atoms with Crippen LogP contribution in [0, 0.1) is 11.7 Å². The maximum absolute atomic E-state index is 13.7. The molecule has 3 rings (SSSR count). The molecule has 8 heteroatoms. The first kappa shape index (κ1) is 19.8. The molecule has 5 nitrogen and oxygen atoms in total. The van der Waals surface area contributed by atoms with Crippen molar-refractivity contribution in [2.75, 3.05) is 18.4 Å². The van der Waals surface area contributed by atoms with E-state index in [0.29, 0.717) is 34.5 Å². The highest BCUT2D eigenvalue weighted by atomic mass is 35.5. The van der Waals surface area contributed by atoms with E-state index in [9.17, 15) is 9.18 Å². The fourth-order valence-corrected chi connectivity index (χ4v) is 3.65. The Hall–Kier alpha value is -1.57. The second-order valence-electron chi connectivity index (χ2n) is 6.05. The van der Waals surface area contributed by atoms with Crippen molar-refractivity contribution in [1.82, 2.24) is 15.5 Å². The van der Waals surface area contributed by atoms with Crippen LogP contribution in [0.5, 0.6) is 0 Å². The summed E-state index contributed by atoms with van der Waals surface area (Å²) in [7, 11) is 0. The lowest BCUT2D eigenvalue weighted by molar-refractivity contribution is -0.116. The third-order valence-corrected chi connectivity index (χ3v) is 5.09. The van der Waals surface area contributed by atoms with E-state index in [1.165, 1.54) is 17.4 Å². The van der Waals surface area contributed by atoms with Crippen LogP contribution in [0.1, 0.15) is 36.3 Å². The molecule has 0 atom stereocenters. The van der Waals surface area contributed by atoms with Crippen molar-refractivity contribution in [3.63, 3.8) is 0 Å². The highest BCUT2D eigenvalue weighted by molar-refractivity contribution is 7.15. The van der Waals surface area contributed by atoms with Gasteiger partial charge in [-0.2, -0.15) is 0 Å². The molecule has 1 amide bonds. The summed E-state index contributed by atoms with van der Waals surface area (Å²) in [6.45, 7) is 2.09. The number of piperidine rings is 1. The zero-order chi connectivity index (χ0) is 16.8. The largest absolute Gasteiger partial charge is 0.317 e. The molecule has 1 saturated heterocycles. The molecule has 0 bridgehead atoms. The molecule has 1 aromatic heterocycles. The Morgan fingerprint density at radius 1 is 1.28 bits per heavy atom. The number of aromatic nitrogens is 2. The van der Waals surface area contributed by atoms with Crippen LogP contribution in [0.2, 0.25) is 0 Å². The van der Waals surface area contributed by atoms with Crippen LogP contribution < -0.4 is 10.6 Å². The quantitative estimate of drug-likeness (QED) is 0.800. The molecule has 2 heterocycles. The van der Waals surface area contributed by atoms with Crippen LogP contribution in [0.4, 0.5) is 9.52 Å². The summed E-state index contributed by atoms with van der Waals surface area (Å²) < 4.78 is 13.7. The van der Waals surface area contributed by atoms with Gasteiger partial charge in [0, 0.05) is 12.8 Å². The fraction of sp³-hybridized carbons (Fsp3) is 0.471. The predicted molar refractivity (Wildman–Crippen MR) is 99.8 cm³/mol. The molecule has 1 fully saturated rings. The Bertz CT molecular complexity index is 691. The van der Waals surface area contributed by atoms with Crippen molar-refractivity contribution in [2.45, 2.75) is 32.1 Å². The van der Waals surface area contributed by atoms with E-state index in [-0.39, 0.29) is 24.1 Å². The minimum Gasteiger partial charge on any atom is -0.317 e. The predicted octanol–water partition coefficient (Wildman–Crippen LogP) is 3.41. The molecule has 0 radical (unpaired) electrons. The number of halogens is 2. The van der Waals surface area contributed by atoms with Gasteiger partial charge in [-0.3, -0.25) is 4.79 Å². The lowest BCUT2D eigenvalue weighted by Gasteiger charge is -2.21. The molecular formula is C17H22ClFN4OS. The van der Waals surface area contributed by atoms with Gasteiger partial charge < -0.3 is 10.6 Å². The van der Waals surface area contributed by atoms with E-state index in [1.54, 1.807) is 18.2 Å². The van der Waals surface area contributed by atoms with E-state index in [1.807, 2.05) is 0 Å². The summed E-state index contributed by atoms with van der Waals surface area (Å²) in [5.41, 5.74) is 0.581. The van der Waals surface area contributed by atoms with Crippen molar-refractivity contribution < 1.29 is 9.18 Å². The second kappa shape index (κ2) is 9.79.